The number of carbonyl (C=O) groups is 1. The molecule has 0 saturated carbocycles. The Hall–Kier alpha value is -3.01. The minimum Gasteiger partial charge on any atom is -0.486 e. The molecule has 0 aromatic heterocycles. The van der Waals surface area contributed by atoms with Crippen LogP contribution in [0, 0.1) is 0 Å². The standard InChI is InChI=1S/C24H24N2O2/c1-16-17(14-18-8-4-7-11-21(18)28-16)12-13-24-23(2,3)19-9-5-6-10-20(19)26(24)15-22(27)25-24/h4-14,21H,15H2,1-3H3,(H,25,27)/t21-,24-/m1/s1. The number of anilines is 1. The van der Waals surface area contributed by atoms with Gasteiger partial charge in [-0.25, -0.2) is 0 Å². The summed E-state index contributed by atoms with van der Waals surface area (Å²) in [6, 6.07) is 8.37. The van der Waals surface area contributed by atoms with E-state index in [4.69, 9.17) is 4.74 Å². The van der Waals surface area contributed by atoms with E-state index in [9.17, 15) is 4.79 Å². The average Bonchev–Trinajstić information content (AvgIpc) is 3.11. The topological polar surface area (TPSA) is 41.6 Å². The van der Waals surface area contributed by atoms with Gasteiger partial charge in [0.05, 0.1) is 6.54 Å². The van der Waals surface area contributed by atoms with E-state index in [0.717, 1.165) is 22.6 Å². The van der Waals surface area contributed by atoms with Crippen molar-refractivity contribution in [1.29, 1.82) is 0 Å². The van der Waals surface area contributed by atoms with Crippen LogP contribution in [0.3, 0.4) is 0 Å². The van der Waals surface area contributed by atoms with E-state index in [1.165, 1.54) is 5.56 Å². The lowest BCUT2D eigenvalue weighted by Gasteiger charge is -2.40. The number of allylic oxidation sites excluding steroid dienone is 6. The smallest absolute Gasteiger partial charge is 0.241 e. The highest BCUT2D eigenvalue weighted by atomic mass is 16.5. The first-order valence-electron chi connectivity index (χ1n) is 9.74. The lowest BCUT2D eigenvalue weighted by molar-refractivity contribution is -0.118. The Morgan fingerprint density at radius 3 is 2.93 bits per heavy atom. The minimum atomic E-state index is -0.585. The van der Waals surface area contributed by atoms with Crippen LogP contribution in [0.1, 0.15) is 26.3 Å². The van der Waals surface area contributed by atoms with E-state index in [1.807, 2.05) is 25.1 Å². The van der Waals surface area contributed by atoms with Crippen molar-refractivity contribution in [3.05, 3.63) is 89.3 Å². The van der Waals surface area contributed by atoms with Gasteiger partial charge >= 0.3 is 0 Å². The summed E-state index contributed by atoms with van der Waals surface area (Å²) < 4.78 is 6.08. The molecule has 1 aromatic rings. The van der Waals surface area contributed by atoms with Gasteiger partial charge in [-0.1, -0.05) is 56.4 Å². The van der Waals surface area contributed by atoms with Crippen LogP contribution in [0.4, 0.5) is 5.69 Å². The average molecular weight is 372 g/mol. The second-order valence-electron chi connectivity index (χ2n) is 8.31. The van der Waals surface area contributed by atoms with E-state index in [2.05, 4.69) is 72.6 Å². The van der Waals surface area contributed by atoms with E-state index in [-0.39, 0.29) is 17.4 Å². The molecule has 0 spiro atoms. The Morgan fingerprint density at radius 2 is 2.07 bits per heavy atom. The van der Waals surface area contributed by atoms with Crippen molar-refractivity contribution in [1.82, 2.24) is 5.32 Å². The van der Waals surface area contributed by atoms with Crippen LogP contribution in [0.2, 0.25) is 0 Å². The summed E-state index contributed by atoms with van der Waals surface area (Å²) in [5.41, 5.74) is 3.71. The van der Waals surface area contributed by atoms with Crippen molar-refractivity contribution in [2.24, 2.45) is 0 Å². The SMILES string of the molecule is CC1=C(C=C[C@@]23NC(=O)CN2c2ccccc2C3(C)C)C=C2C=CC=C[C@H]2O1. The summed E-state index contributed by atoms with van der Waals surface area (Å²) in [4.78, 5) is 14.6. The number of rotatable bonds is 2. The fraction of sp³-hybridized carbons (Fsp3) is 0.292. The number of nitrogens with zero attached hydrogens (tertiary/aromatic N) is 1. The number of benzene rings is 1. The molecule has 1 aromatic carbocycles. The fourth-order valence-electron chi connectivity index (χ4n) is 4.83. The number of hydrogen-bond donors (Lipinski definition) is 1. The van der Waals surface area contributed by atoms with E-state index in [1.54, 1.807) is 0 Å². The normalized spacial score (nSPS) is 29.4. The van der Waals surface area contributed by atoms with Gasteiger partial charge < -0.3 is 15.0 Å². The molecule has 4 heteroatoms. The van der Waals surface area contributed by atoms with Gasteiger partial charge in [0.15, 0.2) is 0 Å². The molecular weight excluding hydrogens is 348 g/mol. The van der Waals surface area contributed by atoms with Crippen LogP contribution < -0.4 is 10.2 Å². The maximum atomic E-state index is 12.4. The highest BCUT2D eigenvalue weighted by Crippen LogP contribution is 2.52. The van der Waals surface area contributed by atoms with Crippen molar-refractivity contribution in [3.8, 4) is 0 Å². The zero-order valence-corrected chi connectivity index (χ0v) is 16.4. The van der Waals surface area contributed by atoms with Crippen LogP contribution in [-0.2, 0) is 14.9 Å². The largest absolute Gasteiger partial charge is 0.486 e. The summed E-state index contributed by atoms with van der Waals surface area (Å²) in [7, 11) is 0. The third-order valence-electron chi connectivity index (χ3n) is 6.43. The summed E-state index contributed by atoms with van der Waals surface area (Å²) in [6.45, 7) is 6.76. The van der Waals surface area contributed by atoms with Crippen LogP contribution in [-0.4, -0.2) is 24.2 Å². The van der Waals surface area contributed by atoms with Gasteiger partial charge in [0.2, 0.25) is 5.91 Å². The molecular formula is C24H24N2O2. The quantitative estimate of drug-likeness (QED) is 0.856. The highest BCUT2D eigenvalue weighted by Gasteiger charge is 2.59. The summed E-state index contributed by atoms with van der Waals surface area (Å²) in [5, 5.41) is 3.27. The van der Waals surface area contributed by atoms with Gasteiger partial charge in [0.25, 0.3) is 0 Å². The predicted octanol–water partition coefficient (Wildman–Crippen LogP) is 3.89. The summed E-state index contributed by atoms with van der Waals surface area (Å²) in [6.07, 6.45) is 14.6. The molecule has 142 valence electrons. The Bertz CT molecular complexity index is 1020. The Labute approximate surface area is 165 Å². The number of ether oxygens (including phenoxy) is 1. The molecule has 4 nitrogen and oxygen atoms in total. The predicted molar refractivity (Wildman–Crippen MR) is 111 cm³/mol. The van der Waals surface area contributed by atoms with E-state index in [0.29, 0.717) is 6.54 Å². The summed E-state index contributed by atoms with van der Waals surface area (Å²) in [5.74, 6) is 0.946. The number of fused-ring (bicyclic) bond motifs is 4. The van der Waals surface area contributed by atoms with Gasteiger partial charge in [-0.05, 0) is 42.4 Å². The van der Waals surface area contributed by atoms with Crippen molar-refractivity contribution < 1.29 is 9.53 Å². The molecule has 5 rings (SSSR count). The first-order chi connectivity index (χ1) is 13.4. The van der Waals surface area contributed by atoms with Crippen LogP contribution in [0.25, 0.3) is 0 Å². The molecule has 3 heterocycles. The van der Waals surface area contributed by atoms with Gasteiger partial charge in [-0.15, -0.1) is 0 Å². The Morgan fingerprint density at radius 1 is 1.25 bits per heavy atom. The van der Waals surface area contributed by atoms with E-state index < -0.39 is 5.66 Å². The third-order valence-corrected chi connectivity index (χ3v) is 6.43. The number of amides is 1. The minimum absolute atomic E-state index is 0.00447. The van der Waals surface area contributed by atoms with Crippen LogP contribution in [0.15, 0.2) is 83.7 Å². The fourth-order valence-corrected chi connectivity index (χ4v) is 4.83. The molecule has 1 N–H and O–H groups in total. The maximum absolute atomic E-state index is 12.4. The van der Waals surface area contributed by atoms with Gasteiger partial charge in [-0.2, -0.15) is 0 Å². The van der Waals surface area contributed by atoms with Crippen LogP contribution >= 0.6 is 0 Å². The molecule has 1 saturated heterocycles. The zero-order chi connectivity index (χ0) is 19.5. The maximum Gasteiger partial charge on any atom is 0.241 e. The third kappa shape index (κ3) is 2.21. The van der Waals surface area contributed by atoms with Crippen molar-refractivity contribution in [2.75, 3.05) is 11.4 Å². The molecule has 2 atom stereocenters. The summed E-state index contributed by atoms with van der Waals surface area (Å²) >= 11 is 0. The highest BCUT2D eigenvalue weighted by molar-refractivity contribution is 5.91. The number of hydrogen-bond acceptors (Lipinski definition) is 3. The van der Waals surface area contributed by atoms with Crippen LogP contribution in [0.5, 0.6) is 0 Å². The number of nitrogens with one attached hydrogen (secondary N) is 1. The monoisotopic (exact) mass is 372 g/mol. The molecule has 28 heavy (non-hydrogen) atoms. The first-order valence-corrected chi connectivity index (χ1v) is 9.74. The molecule has 0 radical (unpaired) electrons. The molecule has 4 aliphatic rings. The van der Waals surface area contributed by atoms with E-state index >= 15 is 0 Å². The lowest BCUT2D eigenvalue weighted by Crippen LogP contribution is -2.58. The van der Waals surface area contributed by atoms with Crippen molar-refractivity contribution in [3.63, 3.8) is 0 Å². The molecule has 0 unspecified atom stereocenters. The van der Waals surface area contributed by atoms with Crippen molar-refractivity contribution >= 4 is 11.6 Å². The zero-order valence-electron chi connectivity index (χ0n) is 16.4. The van der Waals surface area contributed by atoms with Crippen molar-refractivity contribution in [2.45, 2.75) is 38.0 Å². The lowest BCUT2D eigenvalue weighted by atomic mass is 9.75. The van der Waals surface area contributed by atoms with Gasteiger partial charge in [0, 0.05) is 16.7 Å². The molecule has 1 aliphatic carbocycles. The second kappa shape index (κ2) is 5.74. The van der Waals surface area contributed by atoms with Gasteiger partial charge in [-0.3, -0.25) is 4.79 Å². The number of para-hydroxylation sites is 1. The molecule has 3 aliphatic heterocycles. The molecule has 0 bridgehead atoms. The molecule has 1 fully saturated rings. The van der Waals surface area contributed by atoms with Gasteiger partial charge in [0.1, 0.15) is 17.5 Å². The molecule has 1 amide bonds. The Balaban J connectivity index is 1.57. The number of carbonyl (C=O) groups excluding carboxylic acids is 1. The Kier molecular flexibility index (Phi) is 3.51. The second-order valence-corrected chi connectivity index (χ2v) is 8.31. The first kappa shape index (κ1) is 17.1.